The first kappa shape index (κ1) is 14.6. The van der Waals surface area contributed by atoms with Gasteiger partial charge < -0.3 is 10.1 Å². The standard InChI is InChI=1S/C14H12Cl2N2O2/c1-9-3-2-6-17-14(9)18-13(19)8-20-12-5-4-10(15)7-11(12)16/h2-7H,8H2,1H3,(H,17,18,19). The molecule has 0 spiro atoms. The van der Waals surface area contributed by atoms with E-state index in [0.717, 1.165) is 5.56 Å². The van der Waals surface area contributed by atoms with Gasteiger partial charge in [0.05, 0.1) is 5.02 Å². The van der Waals surface area contributed by atoms with E-state index < -0.39 is 0 Å². The number of pyridine rings is 1. The van der Waals surface area contributed by atoms with Crippen LogP contribution in [0.15, 0.2) is 36.5 Å². The number of hydrogen-bond acceptors (Lipinski definition) is 3. The van der Waals surface area contributed by atoms with Crippen molar-refractivity contribution in [2.24, 2.45) is 0 Å². The van der Waals surface area contributed by atoms with Gasteiger partial charge in [0.25, 0.3) is 5.91 Å². The van der Waals surface area contributed by atoms with Crippen LogP contribution in [0.25, 0.3) is 0 Å². The Morgan fingerprint density at radius 3 is 2.85 bits per heavy atom. The molecule has 1 N–H and O–H groups in total. The molecule has 1 amide bonds. The summed E-state index contributed by atoms with van der Waals surface area (Å²) in [7, 11) is 0. The predicted molar refractivity (Wildman–Crippen MR) is 79.6 cm³/mol. The van der Waals surface area contributed by atoms with Crippen molar-refractivity contribution in [3.8, 4) is 5.75 Å². The first-order valence-electron chi connectivity index (χ1n) is 5.85. The molecule has 0 bridgehead atoms. The number of anilines is 1. The fourth-order valence-electron chi connectivity index (χ4n) is 1.52. The van der Waals surface area contributed by atoms with Crippen LogP contribution >= 0.6 is 23.2 Å². The summed E-state index contributed by atoms with van der Waals surface area (Å²) in [5.74, 6) is 0.616. The molecule has 0 unspecified atom stereocenters. The van der Waals surface area contributed by atoms with E-state index in [9.17, 15) is 4.79 Å². The highest BCUT2D eigenvalue weighted by Crippen LogP contribution is 2.27. The van der Waals surface area contributed by atoms with Crippen LogP contribution in [-0.2, 0) is 4.79 Å². The number of ether oxygens (including phenoxy) is 1. The largest absolute Gasteiger partial charge is 0.482 e. The van der Waals surface area contributed by atoms with Crippen molar-refractivity contribution in [1.29, 1.82) is 0 Å². The molecule has 0 saturated heterocycles. The van der Waals surface area contributed by atoms with E-state index in [1.807, 2.05) is 13.0 Å². The highest BCUT2D eigenvalue weighted by molar-refractivity contribution is 6.35. The Kier molecular flexibility index (Phi) is 4.82. The third-order valence-electron chi connectivity index (χ3n) is 2.52. The van der Waals surface area contributed by atoms with Crippen LogP contribution in [0.5, 0.6) is 5.75 Å². The predicted octanol–water partition coefficient (Wildman–Crippen LogP) is 3.71. The minimum absolute atomic E-state index is 0.155. The zero-order valence-corrected chi connectivity index (χ0v) is 12.2. The lowest BCUT2D eigenvalue weighted by molar-refractivity contribution is -0.118. The summed E-state index contributed by atoms with van der Waals surface area (Å²) in [6, 6.07) is 8.47. The van der Waals surface area contributed by atoms with Gasteiger partial charge in [-0.2, -0.15) is 0 Å². The monoisotopic (exact) mass is 310 g/mol. The Balaban J connectivity index is 1.94. The number of carbonyl (C=O) groups is 1. The van der Waals surface area contributed by atoms with Crippen molar-refractivity contribution in [1.82, 2.24) is 4.98 Å². The molecule has 0 atom stereocenters. The smallest absolute Gasteiger partial charge is 0.263 e. The van der Waals surface area contributed by atoms with Crippen molar-refractivity contribution in [3.05, 3.63) is 52.1 Å². The third kappa shape index (κ3) is 3.85. The quantitative estimate of drug-likeness (QED) is 0.936. The lowest BCUT2D eigenvalue weighted by Crippen LogP contribution is -2.21. The lowest BCUT2D eigenvalue weighted by atomic mass is 10.3. The summed E-state index contributed by atoms with van der Waals surface area (Å²) < 4.78 is 5.34. The lowest BCUT2D eigenvalue weighted by Gasteiger charge is -2.09. The van der Waals surface area contributed by atoms with Crippen LogP contribution in [0.3, 0.4) is 0 Å². The van der Waals surface area contributed by atoms with Gasteiger partial charge in [0, 0.05) is 11.2 Å². The van der Waals surface area contributed by atoms with E-state index in [2.05, 4.69) is 10.3 Å². The van der Waals surface area contributed by atoms with Gasteiger partial charge in [-0.25, -0.2) is 4.98 Å². The Morgan fingerprint density at radius 1 is 1.35 bits per heavy atom. The van der Waals surface area contributed by atoms with E-state index in [4.69, 9.17) is 27.9 Å². The molecule has 0 saturated carbocycles. The highest BCUT2D eigenvalue weighted by atomic mass is 35.5. The number of nitrogens with zero attached hydrogens (tertiary/aromatic N) is 1. The van der Waals surface area contributed by atoms with Crippen molar-refractivity contribution in [3.63, 3.8) is 0 Å². The number of carbonyl (C=O) groups excluding carboxylic acids is 1. The summed E-state index contributed by atoms with van der Waals surface area (Å²) in [5.41, 5.74) is 0.880. The molecule has 0 aliphatic carbocycles. The second-order valence-corrected chi connectivity index (χ2v) is 4.92. The number of hydrogen-bond donors (Lipinski definition) is 1. The average Bonchev–Trinajstić information content (AvgIpc) is 2.40. The maximum absolute atomic E-state index is 11.8. The number of halogens is 2. The molecule has 6 heteroatoms. The van der Waals surface area contributed by atoms with Crippen LogP contribution < -0.4 is 10.1 Å². The van der Waals surface area contributed by atoms with Gasteiger partial charge in [0.2, 0.25) is 0 Å². The van der Waals surface area contributed by atoms with Gasteiger partial charge in [-0.3, -0.25) is 4.79 Å². The molecule has 2 aromatic rings. The summed E-state index contributed by atoms with van der Waals surface area (Å²) in [6.07, 6.45) is 1.61. The second-order valence-electron chi connectivity index (χ2n) is 4.08. The number of amides is 1. The van der Waals surface area contributed by atoms with Crippen molar-refractivity contribution in [2.45, 2.75) is 6.92 Å². The van der Waals surface area contributed by atoms with E-state index in [1.54, 1.807) is 30.5 Å². The van der Waals surface area contributed by atoms with Gasteiger partial charge in [-0.1, -0.05) is 29.3 Å². The van der Waals surface area contributed by atoms with E-state index in [1.165, 1.54) is 0 Å². The van der Waals surface area contributed by atoms with Crippen LogP contribution in [-0.4, -0.2) is 17.5 Å². The van der Waals surface area contributed by atoms with Gasteiger partial charge in [0.15, 0.2) is 6.61 Å². The number of nitrogens with one attached hydrogen (secondary N) is 1. The van der Waals surface area contributed by atoms with E-state index >= 15 is 0 Å². The normalized spacial score (nSPS) is 10.2. The maximum atomic E-state index is 11.8. The topological polar surface area (TPSA) is 51.2 Å². The molecule has 1 aromatic heterocycles. The van der Waals surface area contributed by atoms with Gasteiger partial charge in [0.1, 0.15) is 11.6 Å². The van der Waals surface area contributed by atoms with E-state index in [-0.39, 0.29) is 12.5 Å². The molecule has 0 radical (unpaired) electrons. The van der Waals surface area contributed by atoms with Crippen LogP contribution in [0.1, 0.15) is 5.56 Å². The Hall–Kier alpha value is -1.78. The zero-order chi connectivity index (χ0) is 14.5. The van der Waals surface area contributed by atoms with E-state index in [0.29, 0.717) is 21.6 Å². The number of rotatable bonds is 4. The second kappa shape index (κ2) is 6.59. The summed E-state index contributed by atoms with van der Waals surface area (Å²) >= 11 is 11.7. The molecule has 4 nitrogen and oxygen atoms in total. The third-order valence-corrected chi connectivity index (χ3v) is 3.05. The molecule has 2 rings (SSSR count). The number of aromatic nitrogens is 1. The summed E-state index contributed by atoms with van der Waals surface area (Å²) in [6.45, 7) is 1.71. The average molecular weight is 311 g/mol. The maximum Gasteiger partial charge on any atom is 0.263 e. The Labute approximate surface area is 126 Å². The number of aryl methyl sites for hydroxylation is 1. The Bertz CT molecular complexity index is 632. The van der Waals surface area contributed by atoms with Crippen molar-refractivity contribution in [2.75, 3.05) is 11.9 Å². The minimum atomic E-state index is -0.308. The molecular weight excluding hydrogens is 299 g/mol. The SMILES string of the molecule is Cc1cccnc1NC(=O)COc1ccc(Cl)cc1Cl. The molecule has 1 heterocycles. The zero-order valence-electron chi connectivity index (χ0n) is 10.7. The van der Waals surface area contributed by atoms with Crippen LogP contribution in [0, 0.1) is 6.92 Å². The van der Waals surface area contributed by atoms with Crippen LogP contribution in [0.4, 0.5) is 5.82 Å². The van der Waals surface area contributed by atoms with Crippen LogP contribution in [0.2, 0.25) is 10.0 Å². The summed E-state index contributed by atoms with van der Waals surface area (Å²) in [5, 5.41) is 3.54. The first-order valence-corrected chi connectivity index (χ1v) is 6.61. The van der Waals surface area contributed by atoms with Gasteiger partial charge in [-0.05, 0) is 36.8 Å². The molecule has 20 heavy (non-hydrogen) atoms. The molecular formula is C14H12Cl2N2O2. The summed E-state index contributed by atoms with van der Waals surface area (Å²) in [4.78, 5) is 15.8. The fourth-order valence-corrected chi connectivity index (χ4v) is 1.98. The van der Waals surface area contributed by atoms with Crippen molar-refractivity contribution < 1.29 is 9.53 Å². The Morgan fingerprint density at radius 2 is 2.15 bits per heavy atom. The molecule has 0 aliphatic heterocycles. The van der Waals surface area contributed by atoms with Gasteiger partial charge >= 0.3 is 0 Å². The molecule has 0 fully saturated rings. The van der Waals surface area contributed by atoms with Crippen molar-refractivity contribution >= 4 is 34.9 Å². The molecule has 104 valence electrons. The molecule has 1 aromatic carbocycles. The minimum Gasteiger partial charge on any atom is -0.482 e. The van der Waals surface area contributed by atoms with Gasteiger partial charge in [-0.15, -0.1) is 0 Å². The number of benzene rings is 1. The first-order chi connectivity index (χ1) is 9.56. The highest BCUT2D eigenvalue weighted by Gasteiger charge is 2.08. The molecule has 0 aliphatic rings. The fraction of sp³-hybridized carbons (Fsp3) is 0.143.